The molecule has 1 aromatic carbocycles. The first-order valence-electron chi connectivity index (χ1n) is 4.61. The van der Waals surface area contributed by atoms with Gasteiger partial charge in [-0.05, 0) is 17.6 Å². The van der Waals surface area contributed by atoms with Crippen molar-refractivity contribution in [3.05, 3.63) is 42.5 Å². The van der Waals surface area contributed by atoms with Crippen molar-refractivity contribution in [3.63, 3.8) is 0 Å². The lowest BCUT2D eigenvalue weighted by Crippen LogP contribution is -2.32. The number of hydrogen-bond acceptors (Lipinski definition) is 4. The number of rotatable bonds is 2. The van der Waals surface area contributed by atoms with Crippen molar-refractivity contribution in [2.75, 3.05) is 0 Å². The molecule has 0 radical (unpaired) electrons. The van der Waals surface area contributed by atoms with E-state index >= 15 is 0 Å². The molecule has 0 saturated heterocycles. The molecular formula is C10H8BN3O2. The van der Waals surface area contributed by atoms with Crippen LogP contribution in [0.4, 0.5) is 0 Å². The van der Waals surface area contributed by atoms with Gasteiger partial charge in [0.25, 0.3) is 0 Å². The quantitative estimate of drug-likeness (QED) is 0.654. The summed E-state index contributed by atoms with van der Waals surface area (Å²) in [7, 11) is -1.63. The van der Waals surface area contributed by atoms with Crippen molar-refractivity contribution in [2.45, 2.75) is 0 Å². The molecule has 0 bridgehead atoms. The third kappa shape index (κ3) is 1.82. The van der Waals surface area contributed by atoms with Crippen molar-refractivity contribution in [1.29, 1.82) is 5.26 Å². The van der Waals surface area contributed by atoms with Gasteiger partial charge in [-0.2, -0.15) is 5.26 Å². The monoisotopic (exact) mass is 213 g/mol. The van der Waals surface area contributed by atoms with Crippen LogP contribution in [-0.2, 0) is 0 Å². The van der Waals surface area contributed by atoms with E-state index in [-0.39, 0.29) is 11.0 Å². The van der Waals surface area contributed by atoms with Crippen LogP contribution in [0.2, 0.25) is 0 Å². The lowest BCUT2D eigenvalue weighted by atomic mass is 9.77. The highest BCUT2D eigenvalue weighted by Gasteiger charge is 2.16. The predicted octanol–water partition coefficient (Wildman–Crippen LogP) is -0.576. The lowest BCUT2D eigenvalue weighted by molar-refractivity contribution is 0.425. The van der Waals surface area contributed by atoms with Crippen molar-refractivity contribution in [3.8, 4) is 11.8 Å². The van der Waals surface area contributed by atoms with Crippen LogP contribution in [0.25, 0.3) is 5.69 Å². The van der Waals surface area contributed by atoms with Crippen LogP contribution in [0.1, 0.15) is 5.56 Å². The number of nitriles is 1. The van der Waals surface area contributed by atoms with Gasteiger partial charge in [0.15, 0.2) is 0 Å². The van der Waals surface area contributed by atoms with Gasteiger partial charge in [0.05, 0.1) is 18.0 Å². The maximum Gasteiger partial charge on any atom is 0.489 e. The predicted molar refractivity (Wildman–Crippen MR) is 58.1 cm³/mol. The second-order valence-electron chi connectivity index (χ2n) is 3.23. The molecule has 0 amide bonds. The second-order valence-corrected chi connectivity index (χ2v) is 3.23. The summed E-state index contributed by atoms with van der Waals surface area (Å²) >= 11 is 0. The van der Waals surface area contributed by atoms with Gasteiger partial charge >= 0.3 is 7.12 Å². The first kappa shape index (κ1) is 10.4. The van der Waals surface area contributed by atoms with Crippen molar-refractivity contribution < 1.29 is 10.0 Å². The molecule has 0 aliphatic heterocycles. The molecular weight excluding hydrogens is 205 g/mol. The SMILES string of the molecule is N#Cc1cc(-n2ccnc2)ccc1B(O)O. The Balaban J connectivity index is 2.50. The molecule has 0 aliphatic rings. The summed E-state index contributed by atoms with van der Waals surface area (Å²) in [5.41, 5.74) is 1.19. The van der Waals surface area contributed by atoms with E-state index in [4.69, 9.17) is 15.3 Å². The Morgan fingerprint density at radius 3 is 2.75 bits per heavy atom. The Bertz CT molecular complexity index is 531. The van der Waals surface area contributed by atoms with Crippen LogP contribution in [0, 0.1) is 11.3 Å². The van der Waals surface area contributed by atoms with Crippen LogP contribution < -0.4 is 5.46 Å². The van der Waals surface area contributed by atoms with Crippen molar-refractivity contribution in [2.24, 2.45) is 0 Å². The molecule has 2 N–H and O–H groups in total. The van der Waals surface area contributed by atoms with Crippen LogP contribution in [0.15, 0.2) is 36.9 Å². The molecule has 1 aromatic heterocycles. The van der Waals surface area contributed by atoms with Crippen LogP contribution >= 0.6 is 0 Å². The van der Waals surface area contributed by atoms with Gasteiger partial charge in [0.2, 0.25) is 0 Å². The van der Waals surface area contributed by atoms with Crippen LogP contribution in [-0.4, -0.2) is 26.7 Å². The minimum atomic E-state index is -1.63. The van der Waals surface area contributed by atoms with Crippen LogP contribution in [0.5, 0.6) is 0 Å². The third-order valence-electron chi connectivity index (χ3n) is 2.24. The second kappa shape index (κ2) is 4.19. The number of aromatic nitrogens is 2. The Morgan fingerprint density at radius 2 is 2.19 bits per heavy atom. The fourth-order valence-corrected chi connectivity index (χ4v) is 1.44. The molecule has 78 valence electrons. The lowest BCUT2D eigenvalue weighted by Gasteiger charge is -2.06. The van der Waals surface area contributed by atoms with Crippen molar-refractivity contribution >= 4 is 12.6 Å². The highest BCUT2D eigenvalue weighted by Crippen LogP contribution is 2.08. The molecule has 0 aliphatic carbocycles. The summed E-state index contributed by atoms with van der Waals surface area (Å²) in [6.45, 7) is 0. The molecule has 0 fully saturated rings. The highest BCUT2D eigenvalue weighted by molar-refractivity contribution is 6.59. The topological polar surface area (TPSA) is 82.1 Å². The minimum Gasteiger partial charge on any atom is -0.423 e. The maximum absolute atomic E-state index is 9.04. The standard InChI is InChI=1S/C10H8BN3O2/c12-6-8-5-9(14-4-3-13-7-14)1-2-10(8)11(15)16/h1-5,7,15-16H. The van der Waals surface area contributed by atoms with E-state index in [1.165, 1.54) is 6.07 Å². The van der Waals surface area contributed by atoms with Gasteiger partial charge in [-0.15, -0.1) is 0 Å². The zero-order chi connectivity index (χ0) is 11.5. The van der Waals surface area contributed by atoms with E-state index in [9.17, 15) is 0 Å². The Kier molecular flexibility index (Phi) is 2.73. The molecule has 2 aromatic rings. The summed E-state index contributed by atoms with van der Waals surface area (Å²) < 4.78 is 1.73. The molecule has 16 heavy (non-hydrogen) atoms. The van der Waals surface area contributed by atoms with E-state index in [1.54, 1.807) is 35.4 Å². The molecule has 0 atom stereocenters. The molecule has 0 saturated carbocycles. The number of imidazole rings is 1. The normalized spacial score (nSPS) is 9.81. The zero-order valence-corrected chi connectivity index (χ0v) is 8.28. The van der Waals surface area contributed by atoms with Gasteiger partial charge in [-0.3, -0.25) is 0 Å². The fraction of sp³-hybridized carbons (Fsp3) is 0. The summed E-state index contributed by atoms with van der Waals surface area (Å²) in [5, 5.41) is 27.0. The van der Waals surface area contributed by atoms with Crippen LogP contribution in [0.3, 0.4) is 0 Å². The fourth-order valence-electron chi connectivity index (χ4n) is 1.44. The average molecular weight is 213 g/mol. The summed E-state index contributed by atoms with van der Waals surface area (Å²) in [5.74, 6) is 0. The summed E-state index contributed by atoms with van der Waals surface area (Å²) in [6, 6.07) is 6.71. The van der Waals surface area contributed by atoms with E-state index < -0.39 is 7.12 Å². The van der Waals surface area contributed by atoms with Gasteiger partial charge in [-0.1, -0.05) is 6.07 Å². The minimum absolute atomic E-state index is 0.200. The Labute approximate surface area is 92.4 Å². The molecule has 0 unspecified atom stereocenters. The average Bonchev–Trinajstić information content (AvgIpc) is 2.81. The van der Waals surface area contributed by atoms with E-state index in [0.29, 0.717) is 0 Å². The number of nitrogens with zero attached hydrogens (tertiary/aromatic N) is 3. The largest absolute Gasteiger partial charge is 0.489 e. The summed E-state index contributed by atoms with van der Waals surface area (Å²) in [4.78, 5) is 3.89. The van der Waals surface area contributed by atoms with E-state index in [2.05, 4.69) is 4.98 Å². The zero-order valence-electron chi connectivity index (χ0n) is 8.28. The molecule has 5 nitrogen and oxygen atoms in total. The molecule has 2 rings (SSSR count). The molecule has 1 heterocycles. The Hall–Kier alpha value is -2.10. The van der Waals surface area contributed by atoms with Gasteiger partial charge in [0.1, 0.15) is 0 Å². The third-order valence-corrected chi connectivity index (χ3v) is 2.24. The van der Waals surface area contributed by atoms with E-state index in [0.717, 1.165) is 5.69 Å². The maximum atomic E-state index is 9.04. The van der Waals surface area contributed by atoms with E-state index in [1.807, 2.05) is 6.07 Å². The highest BCUT2D eigenvalue weighted by atomic mass is 16.4. The Morgan fingerprint density at radius 1 is 1.38 bits per heavy atom. The molecule has 6 heteroatoms. The van der Waals surface area contributed by atoms with Gasteiger partial charge < -0.3 is 14.6 Å². The summed E-state index contributed by atoms with van der Waals surface area (Å²) in [6.07, 6.45) is 4.97. The molecule has 0 spiro atoms. The smallest absolute Gasteiger partial charge is 0.423 e. The van der Waals surface area contributed by atoms with Crippen molar-refractivity contribution in [1.82, 2.24) is 9.55 Å². The van der Waals surface area contributed by atoms with Gasteiger partial charge in [0, 0.05) is 18.1 Å². The first-order valence-corrected chi connectivity index (χ1v) is 4.61. The first-order chi connectivity index (χ1) is 7.72. The number of benzene rings is 1. The van der Waals surface area contributed by atoms with Gasteiger partial charge in [-0.25, -0.2) is 4.98 Å². The number of hydrogen-bond donors (Lipinski definition) is 2.